The van der Waals surface area contributed by atoms with Gasteiger partial charge < -0.3 is 16.2 Å². The second kappa shape index (κ2) is 8.25. The number of carbonyl (C=O) groups excluding carboxylic acids is 1. The molecule has 0 saturated carbocycles. The van der Waals surface area contributed by atoms with E-state index in [0.717, 1.165) is 11.1 Å². The molecule has 0 spiro atoms. The minimum absolute atomic E-state index is 0.171. The van der Waals surface area contributed by atoms with E-state index < -0.39 is 11.9 Å². The van der Waals surface area contributed by atoms with Crippen LogP contribution in [0.5, 0.6) is 0 Å². The fourth-order valence-corrected chi connectivity index (χ4v) is 2.73. The molecular weight excluding hydrogens is 342 g/mol. The predicted molar refractivity (Wildman–Crippen MR) is 103 cm³/mol. The molecule has 1 aromatic heterocycles. The van der Waals surface area contributed by atoms with Crippen LogP contribution >= 0.6 is 0 Å². The molecule has 0 fully saturated rings. The maximum absolute atomic E-state index is 12.6. The molecule has 4 N–H and O–H groups in total. The molecule has 0 bridgehead atoms. The average molecular weight is 361 g/mol. The smallest absolute Gasteiger partial charge is 0.307 e. The summed E-state index contributed by atoms with van der Waals surface area (Å²) >= 11 is 0. The van der Waals surface area contributed by atoms with Crippen molar-refractivity contribution in [2.75, 3.05) is 5.32 Å². The van der Waals surface area contributed by atoms with Crippen LogP contribution in [0.1, 0.15) is 21.6 Å². The van der Waals surface area contributed by atoms with E-state index in [-0.39, 0.29) is 12.1 Å². The lowest BCUT2D eigenvalue weighted by Gasteiger charge is -2.10. The van der Waals surface area contributed by atoms with Gasteiger partial charge in [0.15, 0.2) is 0 Å². The van der Waals surface area contributed by atoms with Gasteiger partial charge in [-0.1, -0.05) is 42.5 Å². The number of nitrogens with one attached hydrogen (secondary N) is 1. The molecular formula is C21H19N3O3. The highest BCUT2D eigenvalue weighted by atomic mass is 16.4. The molecule has 0 radical (unpaired) electrons. The standard InChI is InChI=1S/C21H19N3O3/c22-13-14-5-3-7-15(11-14)17-9-4-10-19(23-17)21(27)24-18-8-2-1-6-16(18)12-20(25)26/h1-11H,12-13,22H2,(H,24,27)(H,25,26). The number of carbonyl (C=O) groups is 2. The summed E-state index contributed by atoms with van der Waals surface area (Å²) in [7, 11) is 0. The van der Waals surface area contributed by atoms with Crippen molar-refractivity contribution in [1.82, 2.24) is 4.98 Å². The lowest BCUT2D eigenvalue weighted by atomic mass is 10.1. The molecule has 1 heterocycles. The number of rotatable bonds is 6. The second-order valence-corrected chi connectivity index (χ2v) is 5.99. The molecule has 6 nitrogen and oxygen atoms in total. The summed E-state index contributed by atoms with van der Waals surface area (Å²) in [6, 6.07) is 19.7. The molecule has 0 unspecified atom stereocenters. The summed E-state index contributed by atoms with van der Waals surface area (Å²) < 4.78 is 0. The first-order chi connectivity index (χ1) is 13.1. The largest absolute Gasteiger partial charge is 0.481 e. The average Bonchev–Trinajstić information content (AvgIpc) is 2.69. The zero-order valence-corrected chi connectivity index (χ0v) is 14.6. The molecule has 0 atom stereocenters. The Hall–Kier alpha value is -3.51. The Balaban J connectivity index is 1.85. The normalized spacial score (nSPS) is 10.4. The number of benzene rings is 2. The number of nitrogens with zero attached hydrogens (tertiary/aromatic N) is 1. The van der Waals surface area contributed by atoms with Crippen LogP contribution in [0.25, 0.3) is 11.3 Å². The van der Waals surface area contributed by atoms with Gasteiger partial charge in [0.25, 0.3) is 5.91 Å². The lowest BCUT2D eigenvalue weighted by Crippen LogP contribution is -2.16. The van der Waals surface area contributed by atoms with E-state index in [0.29, 0.717) is 23.5 Å². The van der Waals surface area contributed by atoms with Crippen LogP contribution in [0.15, 0.2) is 66.7 Å². The number of nitrogens with two attached hydrogens (primary N) is 1. The Morgan fingerprint density at radius 2 is 1.78 bits per heavy atom. The number of pyridine rings is 1. The molecule has 3 aromatic rings. The van der Waals surface area contributed by atoms with Gasteiger partial charge in [-0.15, -0.1) is 0 Å². The van der Waals surface area contributed by atoms with Crippen LogP contribution in [0.3, 0.4) is 0 Å². The third-order valence-corrected chi connectivity index (χ3v) is 4.05. The lowest BCUT2D eigenvalue weighted by molar-refractivity contribution is -0.136. The van der Waals surface area contributed by atoms with E-state index >= 15 is 0 Å². The van der Waals surface area contributed by atoms with Crippen molar-refractivity contribution >= 4 is 17.6 Å². The quantitative estimate of drug-likeness (QED) is 0.626. The monoisotopic (exact) mass is 361 g/mol. The highest BCUT2D eigenvalue weighted by Gasteiger charge is 2.13. The summed E-state index contributed by atoms with van der Waals surface area (Å²) in [4.78, 5) is 28.1. The fraction of sp³-hybridized carbons (Fsp3) is 0.0952. The first kappa shape index (κ1) is 18.3. The third-order valence-electron chi connectivity index (χ3n) is 4.05. The second-order valence-electron chi connectivity index (χ2n) is 5.99. The minimum atomic E-state index is -0.961. The Labute approximate surface area is 156 Å². The number of hydrogen-bond donors (Lipinski definition) is 3. The number of anilines is 1. The van der Waals surface area contributed by atoms with Crippen LogP contribution in [0.4, 0.5) is 5.69 Å². The number of aliphatic carboxylic acids is 1. The predicted octanol–water partition coefficient (Wildman–Crippen LogP) is 3.09. The first-order valence-electron chi connectivity index (χ1n) is 8.44. The van der Waals surface area contributed by atoms with E-state index in [2.05, 4.69) is 10.3 Å². The van der Waals surface area contributed by atoms with Crippen LogP contribution < -0.4 is 11.1 Å². The first-order valence-corrected chi connectivity index (χ1v) is 8.44. The Bertz CT molecular complexity index is 986. The van der Waals surface area contributed by atoms with E-state index in [1.54, 1.807) is 36.4 Å². The number of aromatic nitrogens is 1. The highest BCUT2D eigenvalue weighted by molar-refractivity contribution is 6.03. The van der Waals surface area contributed by atoms with Crippen LogP contribution in [-0.2, 0) is 17.8 Å². The highest BCUT2D eigenvalue weighted by Crippen LogP contribution is 2.20. The van der Waals surface area contributed by atoms with Gasteiger partial charge in [-0.05, 0) is 35.4 Å². The maximum Gasteiger partial charge on any atom is 0.307 e. The molecule has 0 aliphatic carbocycles. The molecule has 0 aliphatic rings. The van der Waals surface area contributed by atoms with E-state index in [1.807, 2.05) is 30.3 Å². The van der Waals surface area contributed by atoms with Crippen molar-refractivity contribution in [3.63, 3.8) is 0 Å². The summed E-state index contributed by atoms with van der Waals surface area (Å²) in [5, 5.41) is 11.8. The molecule has 1 amide bonds. The molecule has 0 saturated heterocycles. The Morgan fingerprint density at radius 3 is 2.56 bits per heavy atom. The molecule has 0 aliphatic heterocycles. The van der Waals surface area contributed by atoms with Crippen molar-refractivity contribution in [3.05, 3.63) is 83.6 Å². The van der Waals surface area contributed by atoms with Gasteiger partial charge in [0.1, 0.15) is 5.69 Å². The summed E-state index contributed by atoms with van der Waals surface area (Å²) in [6.07, 6.45) is -0.171. The number of carboxylic acids is 1. The van der Waals surface area contributed by atoms with E-state index in [1.165, 1.54) is 0 Å². The summed E-state index contributed by atoms with van der Waals surface area (Å²) in [6.45, 7) is 0.425. The Morgan fingerprint density at radius 1 is 1.00 bits per heavy atom. The van der Waals surface area contributed by atoms with Crippen LogP contribution in [0, 0.1) is 0 Å². The summed E-state index contributed by atoms with van der Waals surface area (Å²) in [5.74, 6) is -1.36. The fourth-order valence-electron chi connectivity index (χ4n) is 2.73. The molecule has 27 heavy (non-hydrogen) atoms. The van der Waals surface area contributed by atoms with Gasteiger partial charge in [0.05, 0.1) is 12.1 Å². The number of amides is 1. The topological polar surface area (TPSA) is 105 Å². The van der Waals surface area contributed by atoms with Crippen molar-refractivity contribution in [3.8, 4) is 11.3 Å². The zero-order valence-electron chi connectivity index (χ0n) is 14.6. The Kier molecular flexibility index (Phi) is 5.58. The van der Waals surface area contributed by atoms with E-state index in [4.69, 9.17) is 10.8 Å². The van der Waals surface area contributed by atoms with Crippen molar-refractivity contribution < 1.29 is 14.7 Å². The number of carboxylic acid groups (broad SMARTS) is 1. The number of hydrogen-bond acceptors (Lipinski definition) is 4. The van der Waals surface area contributed by atoms with Gasteiger partial charge in [0, 0.05) is 17.8 Å². The van der Waals surface area contributed by atoms with E-state index in [9.17, 15) is 9.59 Å². The maximum atomic E-state index is 12.6. The molecule has 2 aromatic carbocycles. The molecule has 136 valence electrons. The molecule has 6 heteroatoms. The minimum Gasteiger partial charge on any atom is -0.481 e. The van der Waals surface area contributed by atoms with Crippen LogP contribution in [0.2, 0.25) is 0 Å². The van der Waals surface area contributed by atoms with Crippen LogP contribution in [-0.4, -0.2) is 22.0 Å². The van der Waals surface area contributed by atoms with Crippen molar-refractivity contribution in [2.24, 2.45) is 5.73 Å². The molecule has 3 rings (SSSR count). The number of para-hydroxylation sites is 1. The SMILES string of the molecule is NCc1cccc(-c2cccc(C(=O)Nc3ccccc3CC(=O)O)n2)c1. The van der Waals surface area contributed by atoms with Gasteiger partial charge in [-0.25, -0.2) is 4.98 Å². The van der Waals surface area contributed by atoms with Gasteiger partial charge >= 0.3 is 5.97 Å². The summed E-state index contributed by atoms with van der Waals surface area (Å²) in [5.41, 5.74) is 9.44. The van der Waals surface area contributed by atoms with Gasteiger partial charge in [-0.2, -0.15) is 0 Å². The van der Waals surface area contributed by atoms with Crippen molar-refractivity contribution in [2.45, 2.75) is 13.0 Å². The van der Waals surface area contributed by atoms with Gasteiger partial charge in [-0.3, -0.25) is 9.59 Å². The zero-order chi connectivity index (χ0) is 19.2. The van der Waals surface area contributed by atoms with Gasteiger partial charge in [0.2, 0.25) is 0 Å². The van der Waals surface area contributed by atoms with Crippen molar-refractivity contribution in [1.29, 1.82) is 0 Å². The third kappa shape index (κ3) is 4.56.